The van der Waals surface area contributed by atoms with Gasteiger partial charge in [0, 0.05) is 5.02 Å². The molecule has 2 aromatic carbocycles. The van der Waals surface area contributed by atoms with Gasteiger partial charge in [0.15, 0.2) is 0 Å². The molecule has 0 spiro atoms. The highest BCUT2D eigenvalue weighted by molar-refractivity contribution is 6.42. The molecule has 0 saturated heterocycles. The summed E-state index contributed by atoms with van der Waals surface area (Å²) in [5.74, 6) is 0. The van der Waals surface area contributed by atoms with Crippen molar-refractivity contribution in [1.82, 2.24) is 5.32 Å². The first-order valence-electron chi connectivity index (χ1n) is 5.91. The molecule has 0 fully saturated rings. The fraction of sp³-hybridized carbons (Fsp3) is 0.200. The summed E-state index contributed by atoms with van der Waals surface area (Å²) in [5.41, 5.74) is 3.37. The second-order valence-electron chi connectivity index (χ2n) is 4.40. The highest BCUT2D eigenvalue weighted by atomic mass is 35.5. The van der Waals surface area contributed by atoms with Crippen LogP contribution in [0.25, 0.3) is 0 Å². The van der Waals surface area contributed by atoms with Crippen LogP contribution in [-0.4, -0.2) is 7.05 Å². The Hall–Kier alpha value is -0.730. The second kappa shape index (κ2) is 6.15. The molecule has 1 atom stereocenters. The summed E-state index contributed by atoms with van der Waals surface area (Å²) in [6, 6.07) is 11.6. The highest BCUT2D eigenvalue weighted by Crippen LogP contribution is 2.31. The number of aryl methyl sites for hydroxylation is 1. The molecule has 19 heavy (non-hydrogen) atoms. The Morgan fingerprint density at radius 1 is 0.947 bits per heavy atom. The number of benzene rings is 2. The lowest BCUT2D eigenvalue weighted by Crippen LogP contribution is -2.18. The topological polar surface area (TPSA) is 12.0 Å². The van der Waals surface area contributed by atoms with Crippen molar-refractivity contribution < 1.29 is 0 Å². The molecule has 2 rings (SSSR count). The van der Waals surface area contributed by atoms with E-state index >= 15 is 0 Å². The van der Waals surface area contributed by atoms with Gasteiger partial charge >= 0.3 is 0 Å². The third kappa shape index (κ3) is 3.24. The van der Waals surface area contributed by atoms with Crippen LogP contribution in [0.5, 0.6) is 0 Å². The van der Waals surface area contributed by atoms with Crippen molar-refractivity contribution in [3.05, 3.63) is 68.2 Å². The molecule has 4 heteroatoms. The van der Waals surface area contributed by atoms with Gasteiger partial charge in [0.05, 0.1) is 16.1 Å². The Labute approximate surface area is 128 Å². The van der Waals surface area contributed by atoms with Gasteiger partial charge in [0.1, 0.15) is 0 Å². The summed E-state index contributed by atoms with van der Waals surface area (Å²) in [6.45, 7) is 2.06. The Morgan fingerprint density at radius 3 is 2.32 bits per heavy atom. The van der Waals surface area contributed by atoms with Crippen LogP contribution in [0.2, 0.25) is 15.1 Å². The van der Waals surface area contributed by atoms with E-state index in [1.54, 1.807) is 0 Å². The lowest BCUT2D eigenvalue weighted by atomic mass is 9.95. The van der Waals surface area contributed by atoms with Crippen LogP contribution in [0.4, 0.5) is 0 Å². The van der Waals surface area contributed by atoms with Gasteiger partial charge in [-0.25, -0.2) is 0 Å². The van der Waals surface area contributed by atoms with E-state index in [1.165, 1.54) is 5.56 Å². The highest BCUT2D eigenvalue weighted by Gasteiger charge is 2.15. The minimum Gasteiger partial charge on any atom is -0.309 e. The van der Waals surface area contributed by atoms with E-state index in [0.29, 0.717) is 10.0 Å². The fourth-order valence-corrected chi connectivity index (χ4v) is 2.60. The largest absolute Gasteiger partial charge is 0.309 e. The van der Waals surface area contributed by atoms with Crippen molar-refractivity contribution in [1.29, 1.82) is 0 Å². The van der Waals surface area contributed by atoms with E-state index < -0.39 is 0 Å². The molecule has 2 aromatic rings. The molecular weight excluding hydrogens is 301 g/mol. The molecule has 0 radical (unpaired) electrons. The van der Waals surface area contributed by atoms with E-state index in [9.17, 15) is 0 Å². The average molecular weight is 315 g/mol. The average Bonchev–Trinajstić information content (AvgIpc) is 2.38. The first-order chi connectivity index (χ1) is 9.02. The standard InChI is InChI=1S/C15H14Cl3N/c1-9-3-5-11(16)8-12(9)15(19-2)10-4-6-13(17)14(18)7-10/h3-8,15,19H,1-2H3. The maximum Gasteiger partial charge on any atom is 0.0595 e. The Morgan fingerprint density at radius 2 is 1.68 bits per heavy atom. The minimum absolute atomic E-state index is 0.0356. The second-order valence-corrected chi connectivity index (χ2v) is 5.65. The van der Waals surface area contributed by atoms with Crippen LogP contribution in [0, 0.1) is 6.92 Å². The Kier molecular flexibility index (Phi) is 4.75. The van der Waals surface area contributed by atoms with Gasteiger partial charge in [0.2, 0.25) is 0 Å². The summed E-state index contributed by atoms with van der Waals surface area (Å²) in [4.78, 5) is 0. The Balaban J connectivity index is 2.49. The quantitative estimate of drug-likeness (QED) is 0.814. The van der Waals surface area contributed by atoms with Crippen molar-refractivity contribution in [2.45, 2.75) is 13.0 Å². The van der Waals surface area contributed by atoms with Crippen LogP contribution in [0.1, 0.15) is 22.7 Å². The third-order valence-electron chi connectivity index (χ3n) is 3.12. The molecule has 0 aromatic heterocycles. The summed E-state index contributed by atoms with van der Waals surface area (Å²) in [5, 5.41) is 5.13. The van der Waals surface area contributed by atoms with Gasteiger partial charge in [-0.2, -0.15) is 0 Å². The maximum absolute atomic E-state index is 6.09. The number of hydrogen-bond donors (Lipinski definition) is 1. The zero-order valence-electron chi connectivity index (χ0n) is 10.7. The lowest BCUT2D eigenvalue weighted by Gasteiger charge is -2.20. The van der Waals surface area contributed by atoms with Crippen molar-refractivity contribution in [3.63, 3.8) is 0 Å². The summed E-state index contributed by atoms with van der Waals surface area (Å²) in [6.07, 6.45) is 0. The lowest BCUT2D eigenvalue weighted by molar-refractivity contribution is 0.688. The minimum atomic E-state index is 0.0356. The molecule has 0 bridgehead atoms. The molecule has 1 nitrogen and oxygen atoms in total. The van der Waals surface area contributed by atoms with Gasteiger partial charge in [-0.15, -0.1) is 0 Å². The Bertz CT molecular complexity index is 596. The molecule has 0 aliphatic rings. The number of hydrogen-bond acceptors (Lipinski definition) is 1. The molecule has 0 aliphatic carbocycles. The fourth-order valence-electron chi connectivity index (χ4n) is 2.12. The van der Waals surface area contributed by atoms with Crippen LogP contribution < -0.4 is 5.32 Å². The summed E-state index contributed by atoms with van der Waals surface area (Å²) in [7, 11) is 1.91. The summed E-state index contributed by atoms with van der Waals surface area (Å²) >= 11 is 18.1. The van der Waals surface area contributed by atoms with E-state index in [1.807, 2.05) is 43.4 Å². The van der Waals surface area contributed by atoms with Gasteiger partial charge in [0.25, 0.3) is 0 Å². The molecular formula is C15H14Cl3N. The van der Waals surface area contributed by atoms with Gasteiger partial charge < -0.3 is 5.32 Å². The summed E-state index contributed by atoms with van der Waals surface area (Å²) < 4.78 is 0. The van der Waals surface area contributed by atoms with Gasteiger partial charge in [-0.3, -0.25) is 0 Å². The molecule has 0 amide bonds. The number of halogens is 3. The van der Waals surface area contributed by atoms with E-state index in [-0.39, 0.29) is 6.04 Å². The van der Waals surface area contributed by atoms with Crippen LogP contribution in [0.3, 0.4) is 0 Å². The zero-order valence-corrected chi connectivity index (χ0v) is 12.9. The van der Waals surface area contributed by atoms with Crippen molar-refractivity contribution in [2.75, 3.05) is 7.05 Å². The van der Waals surface area contributed by atoms with Crippen LogP contribution in [0.15, 0.2) is 36.4 Å². The van der Waals surface area contributed by atoms with Crippen molar-refractivity contribution in [2.24, 2.45) is 0 Å². The molecule has 0 saturated carbocycles. The number of nitrogens with one attached hydrogen (secondary N) is 1. The van der Waals surface area contributed by atoms with Gasteiger partial charge in [-0.1, -0.05) is 46.9 Å². The van der Waals surface area contributed by atoms with Crippen LogP contribution >= 0.6 is 34.8 Å². The smallest absolute Gasteiger partial charge is 0.0595 e. The monoisotopic (exact) mass is 313 g/mol. The first-order valence-corrected chi connectivity index (χ1v) is 7.04. The van der Waals surface area contributed by atoms with E-state index in [2.05, 4.69) is 12.2 Å². The molecule has 0 heterocycles. The van der Waals surface area contributed by atoms with E-state index in [4.69, 9.17) is 34.8 Å². The molecule has 100 valence electrons. The molecule has 1 N–H and O–H groups in total. The molecule has 1 unspecified atom stereocenters. The third-order valence-corrected chi connectivity index (χ3v) is 4.09. The molecule has 0 aliphatic heterocycles. The van der Waals surface area contributed by atoms with Gasteiger partial charge in [-0.05, 0) is 54.9 Å². The predicted molar refractivity (Wildman–Crippen MR) is 83.6 cm³/mol. The first kappa shape index (κ1) is 14.7. The maximum atomic E-state index is 6.09. The van der Waals surface area contributed by atoms with Crippen molar-refractivity contribution in [3.8, 4) is 0 Å². The van der Waals surface area contributed by atoms with Crippen molar-refractivity contribution >= 4 is 34.8 Å². The normalized spacial score (nSPS) is 12.5. The zero-order chi connectivity index (χ0) is 14.0. The predicted octanol–water partition coefficient (Wildman–Crippen LogP) is 5.26. The van der Waals surface area contributed by atoms with E-state index in [0.717, 1.165) is 16.1 Å². The number of rotatable bonds is 3. The van der Waals surface area contributed by atoms with Crippen LogP contribution in [-0.2, 0) is 0 Å². The SMILES string of the molecule is CNC(c1ccc(Cl)c(Cl)c1)c1cc(Cl)ccc1C.